The molecule has 0 aliphatic heterocycles. The van der Waals surface area contributed by atoms with E-state index < -0.39 is 6.10 Å². The summed E-state index contributed by atoms with van der Waals surface area (Å²) in [5.41, 5.74) is 2.06. The number of nitrogens with one attached hydrogen (secondary N) is 1. The van der Waals surface area contributed by atoms with Gasteiger partial charge in [0.2, 0.25) is 0 Å². The number of hydrogen-bond acceptors (Lipinski definition) is 2. The quantitative estimate of drug-likeness (QED) is 0.852. The van der Waals surface area contributed by atoms with Crippen LogP contribution < -0.4 is 5.32 Å². The molecule has 2 rings (SSSR count). The Morgan fingerprint density at radius 2 is 1.70 bits per heavy atom. The van der Waals surface area contributed by atoms with Gasteiger partial charge < -0.3 is 10.4 Å². The Morgan fingerprint density at radius 3 is 2.40 bits per heavy atom. The zero-order valence-electron chi connectivity index (χ0n) is 11.6. The van der Waals surface area contributed by atoms with Gasteiger partial charge in [0.15, 0.2) is 0 Å². The zero-order chi connectivity index (χ0) is 14.4. The molecule has 2 N–H and O–H groups in total. The van der Waals surface area contributed by atoms with Crippen LogP contribution in [0.1, 0.15) is 24.2 Å². The van der Waals surface area contributed by atoms with Crippen molar-refractivity contribution in [2.24, 2.45) is 0 Å². The summed E-state index contributed by atoms with van der Waals surface area (Å²) in [6, 6.07) is 17.8. The molecule has 0 spiro atoms. The van der Waals surface area contributed by atoms with Crippen molar-refractivity contribution in [3.63, 3.8) is 0 Å². The van der Waals surface area contributed by atoms with Gasteiger partial charge >= 0.3 is 0 Å². The fourth-order valence-electron chi connectivity index (χ4n) is 2.17. The predicted octanol–water partition coefficient (Wildman–Crippen LogP) is 3.59. The predicted molar refractivity (Wildman–Crippen MR) is 84.0 cm³/mol. The number of aliphatic hydroxyl groups is 1. The lowest BCUT2D eigenvalue weighted by Crippen LogP contribution is -2.32. The van der Waals surface area contributed by atoms with Gasteiger partial charge in [-0.25, -0.2) is 0 Å². The normalized spacial score (nSPS) is 13.9. The SMILES string of the molecule is CC(Cc1ccccc1Cl)NC[C@H](O)c1ccccc1. The minimum atomic E-state index is -0.482. The summed E-state index contributed by atoms with van der Waals surface area (Å²) in [4.78, 5) is 0. The number of aliphatic hydroxyl groups excluding tert-OH is 1. The van der Waals surface area contributed by atoms with Crippen molar-refractivity contribution < 1.29 is 5.11 Å². The van der Waals surface area contributed by atoms with Crippen molar-refractivity contribution >= 4 is 11.6 Å². The van der Waals surface area contributed by atoms with Gasteiger partial charge in [0.05, 0.1) is 6.10 Å². The van der Waals surface area contributed by atoms with E-state index in [9.17, 15) is 5.11 Å². The lowest BCUT2D eigenvalue weighted by Gasteiger charge is -2.18. The van der Waals surface area contributed by atoms with Gasteiger partial charge in [-0.1, -0.05) is 60.1 Å². The van der Waals surface area contributed by atoms with E-state index >= 15 is 0 Å². The van der Waals surface area contributed by atoms with Crippen LogP contribution in [0.15, 0.2) is 54.6 Å². The smallest absolute Gasteiger partial charge is 0.0914 e. The molecule has 0 saturated heterocycles. The largest absolute Gasteiger partial charge is 0.387 e. The van der Waals surface area contributed by atoms with Gasteiger partial charge in [-0.2, -0.15) is 0 Å². The van der Waals surface area contributed by atoms with Crippen LogP contribution in [0.4, 0.5) is 0 Å². The third-order valence-electron chi connectivity index (χ3n) is 3.33. The molecule has 0 heterocycles. The molecule has 0 amide bonds. The second-order valence-electron chi connectivity index (χ2n) is 5.03. The maximum Gasteiger partial charge on any atom is 0.0914 e. The van der Waals surface area contributed by atoms with Gasteiger partial charge in [-0.3, -0.25) is 0 Å². The molecule has 0 aromatic heterocycles. The average Bonchev–Trinajstić information content (AvgIpc) is 2.48. The van der Waals surface area contributed by atoms with Crippen LogP contribution in [0, 0.1) is 0 Å². The van der Waals surface area contributed by atoms with Gasteiger partial charge in [0, 0.05) is 17.6 Å². The molecular formula is C17H20ClNO. The third-order valence-corrected chi connectivity index (χ3v) is 3.70. The van der Waals surface area contributed by atoms with Crippen molar-refractivity contribution in [3.05, 3.63) is 70.7 Å². The number of benzene rings is 2. The maximum absolute atomic E-state index is 10.1. The molecule has 0 radical (unpaired) electrons. The van der Waals surface area contributed by atoms with E-state index in [0.717, 1.165) is 22.6 Å². The van der Waals surface area contributed by atoms with E-state index in [4.69, 9.17) is 11.6 Å². The first-order chi connectivity index (χ1) is 9.66. The fourth-order valence-corrected chi connectivity index (χ4v) is 2.38. The van der Waals surface area contributed by atoms with E-state index in [2.05, 4.69) is 12.2 Å². The molecular weight excluding hydrogens is 270 g/mol. The van der Waals surface area contributed by atoms with Crippen molar-refractivity contribution in [2.45, 2.75) is 25.5 Å². The van der Waals surface area contributed by atoms with Crippen molar-refractivity contribution in [2.75, 3.05) is 6.54 Å². The summed E-state index contributed by atoms with van der Waals surface area (Å²) in [6.45, 7) is 2.64. The molecule has 0 aliphatic rings. The molecule has 0 aliphatic carbocycles. The molecule has 106 valence electrons. The van der Waals surface area contributed by atoms with Crippen LogP contribution in [-0.4, -0.2) is 17.7 Å². The summed E-state index contributed by atoms with van der Waals surface area (Å²) in [5.74, 6) is 0. The molecule has 2 nitrogen and oxygen atoms in total. The molecule has 1 unspecified atom stereocenters. The fraction of sp³-hybridized carbons (Fsp3) is 0.294. The Hall–Kier alpha value is -1.35. The van der Waals surface area contributed by atoms with E-state index in [0.29, 0.717) is 6.54 Å². The molecule has 2 atom stereocenters. The highest BCUT2D eigenvalue weighted by Crippen LogP contribution is 2.17. The number of hydrogen-bond donors (Lipinski definition) is 2. The number of halogens is 1. The van der Waals surface area contributed by atoms with Crippen LogP contribution in [0.25, 0.3) is 0 Å². The second-order valence-corrected chi connectivity index (χ2v) is 5.44. The van der Waals surface area contributed by atoms with E-state index in [1.54, 1.807) is 0 Å². The number of rotatable bonds is 6. The van der Waals surface area contributed by atoms with Crippen LogP contribution >= 0.6 is 11.6 Å². The summed E-state index contributed by atoms with van der Waals surface area (Å²) >= 11 is 6.15. The summed E-state index contributed by atoms with van der Waals surface area (Å²) in [5, 5.41) is 14.2. The van der Waals surface area contributed by atoms with Crippen LogP contribution in [-0.2, 0) is 6.42 Å². The van der Waals surface area contributed by atoms with E-state index in [1.807, 2.05) is 54.6 Å². The topological polar surface area (TPSA) is 32.3 Å². The first-order valence-corrected chi connectivity index (χ1v) is 7.24. The van der Waals surface area contributed by atoms with Crippen molar-refractivity contribution in [3.8, 4) is 0 Å². The molecule has 0 bridgehead atoms. The van der Waals surface area contributed by atoms with Gasteiger partial charge in [-0.05, 0) is 30.5 Å². The lowest BCUT2D eigenvalue weighted by molar-refractivity contribution is 0.170. The van der Waals surface area contributed by atoms with Gasteiger partial charge in [0.25, 0.3) is 0 Å². The molecule has 0 saturated carbocycles. The Morgan fingerprint density at radius 1 is 1.05 bits per heavy atom. The molecule has 2 aromatic rings. The highest BCUT2D eigenvalue weighted by atomic mass is 35.5. The van der Waals surface area contributed by atoms with Crippen molar-refractivity contribution in [1.29, 1.82) is 0 Å². The molecule has 2 aromatic carbocycles. The Labute approximate surface area is 125 Å². The van der Waals surface area contributed by atoms with E-state index in [-0.39, 0.29) is 6.04 Å². The molecule has 0 fully saturated rings. The first kappa shape index (κ1) is 15.0. The van der Waals surface area contributed by atoms with Crippen LogP contribution in [0.2, 0.25) is 5.02 Å². The minimum absolute atomic E-state index is 0.258. The van der Waals surface area contributed by atoms with Crippen LogP contribution in [0.3, 0.4) is 0 Å². The first-order valence-electron chi connectivity index (χ1n) is 6.86. The van der Waals surface area contributed by atoms with Crippen LogP contribution in [0.5, 0.6) is 0 Å². The average molecular weight is 290 g/mol. The van der Waals surface area contributed by atoms with Gasteiger partial charge in [-0.15, -0.1) is 0 Å². The summed E-state index contributed by atoms with van der Waals surface area (Å²) in [7, 11) is 0. The zero-order valence-corrected chi connectivity index (χ0v) is 12.3. The monoisotopic (exact) mass is 289 g/mol. The summed E-state index contributed by atoms with van der Waals surface area (Å²) in [6.07, 6.45) is 0.367. The lowest BCUT2D eigenvalue weighted by atomic mass is 10.1. The Bertz CT molecular complexity index is 530. The third kappa shape index (κ3) is 4.34. The van der Waals surface area contributed by atoms with Gasteiger partial charge in [0.1, 0.15) is 0 Å². The Kier molecular flexibility index (Phi) is 5.60. The van der Waals surface area contributed by atoms with Crippen molar-refractivity contribution in [1.82, 2.24) is 5.32 Å². The second kappa shape index (κ2) is 7.44. The summed E-state index contributed by atoms with van der Waals surface area (Å²) < 4.78 is 0. The standard InChI is InChI=1S/C17H20ClNO/c1-13(11-15-9-5-6-10-16(15)18)19-12-17(20)14-7-3-2-4-8-14/h2-10,13,17,19-20H,11-12H2,1H3/t13?,17-/m0/s1. The van der Waals surface area contributed by atoms with E-state index in [1.165, 1.54) is 0 Å². The molecule has 3 heteroatoms. The minimum Gasteiger partial charge on any atom is -0.387 e. The highest BCUT2D eigenvalue weighted by molar-refractivity contribution is 6.31. The Balaban J connectivity index is 1.84. The highest BCUT2D eigenvalue weighted by Gasteiger charge is 2.10. The maximum atomic E-state index is 10.1. The molecule has 20 heavy (non-hydrogen) atoms.